The Morgan fingerprint density at radius 2 is 2.00 bits per heavy atom. The largest absolute Gasteiger partial charge is 0.347 e. The normalized spacial score (nSPS) is 18.4. The Labute approximate surface area is 115 Å². The second-order valence-electron chi connectivity index (χ2n) is 5.20. The summed E-state index contributed by atoms with van der Waals surface area (Å²) in [4.78, 5) is 12.2. The highest BCUT2D eigenvalue weighted by Gasteiger charge is 2.29. The molecule has 1 N–H and O–H groups in total. The Hall–Kier alpha value is -0.900. The van der Waals surface area contributed by atoms with E-state index in [1.165, 1.54) is 24.6 Å². The van der Waals surface area contributed by atoms with Crippen molar-refractivity contribution >= 4 is 21.8 Å². The highest BCUT2D eigenvalue weighted by Crippen LogP contribution is 2.28. The molecule has 98 valence electrons. The highest BCUT2D eigenvalue weighted by molar-refractivity contribution is 9.10. The zero-order valence-electron chi connectivity index (χ0n) is 10.4. The number of nitrogens with one attached hydrogen (secondary N) is 1. The minimum atomic E-state index is -0.345. The third kappa shape index (κ3) is 3.10. The molecule has 1 saturated carbocycles. The van der Waals surface area contributed by atoms with Gasteiger partial charge < -0.3 is 5.32 Å². The first-order valence-electron chi connectivity index (χ1n) is 6.28. The fourth-order valence-corrected chi connectivity index (χ4v) is 3.00. The zero-order valence-corrected chi connectivity index (χ0v) is 12.0. The van der Waals surface area contributed by atoms with Crippen LogP contribution in [0.4, 0.5) is 4.39 Å². The molecular formula is C14H17BrFNO. The first kappa shape index (κ1) is 13.5. The number of carbonyl (C=O) groups is 1. The lowest BCUT2D eigenvalue weighted by Crippen LogP contribution is -2.47. The summed E-state index contributed by atoms with van der Waals surface area (Å²) in [5.41, 5.74) is 0.367. The molecule has 0 aliphatic heterocycles. The quantitative estimate of drug-likeness (QED) is 0.877. The topological polar surface area (TPSA) is 29.1 Å². The summed E-state index contributed by atoms with van der Waals surface area (Å²) >= 11 is 3.23. The number of rotatable bonds is 2. The molecule has 0 unspecified atom stereocenters. The van der Waals surface area contributed by atoms with Crippen LogP contribution in [0, 0.1) is 5.82 Å². The maximum atomic E-state index is 13.0. The molecule has 0 saturated heterocycles. The predicted molar refractivity (Wildman–Crippen MR) is 73.1 cm³/mol. The van der Waals surface area contributed by atoms with Crippen molar-refractivity contribution in [2.24, 2.45) is 0 Å². The summed E-state index contributed by atoms with van der Waals surface area (Å²) in [5, 5.41) is 3.08. The Kier molecular flexibility index (Phi) is 4.05. The van der Waals surface area contributed by atoms with Gasteiger partial charge in [-0.15, -0.1) is 0 Å². The lowest BCUT2D eigenvalue weighted by molar-refractivity contribution is 0.0882. The van der Waals surface area contributed by atoms with Crippen molar-refractivity contribution < 1.29 is 9.18 Å². The van der Waals surface area contributed by atoms with Crippen molar-refractivity contribution in [2.75, 3.05) is 0 Å². The smallest absolute Gasteiger partial charge is 0.252 e. The molecule has 1 amide bonds. The minimum Gasteiger partial charge on any atom is -0.347 e. The maximum Gasteiger partial charge on any atom is 0.252 e. The molecule has 18 heavy (non-hydrogen) atoms. The monoisotopic (exact) mass is 313 g/mol. The van der Waals surface area contributed by atoms with Crippen molar-refractivity contribution in [2.45, 2.75) is 44.6 Å². The van der Waals surface area contributed by atoms with Gasteiger partial charge in [0.2, 0.25) is 0 Å². The van der Waals surface area contributed by atoms with Gasteiger partial charge in [0.1, 0.15) is 5.82 Å². The van der Waals surface area contributed by atoms with E-state index in [4.69, 9.17) is 0 Å². The van der Waals surface area contributed by atoms with Crippen LogP contribution in [-0.2, 0) is 0 Å². The molecule has 1 aliphatic carbocycles. The van der Waals surface area contributed by atoms with E-state index in [1.54, 1.807) is 0 Å². The molecule has 0 radical (unpaired) electrons. The third-order valence-corrected chi connectivity index (χ3v) is 4.20. The molecule has 1 aromatic carbocycles. The van der Waals surface area contributed by atoms with E-state index in [2.05, 4.69) is 28.2 Å². The van der Waals surface area contributed by atoms with E-state index in [9.17, 15) is 9.18 Å². The number of benzene rings is 1. The molecule has 4 heteroatoms. The van der Waals surface area contributed by atoms with Gasteiger partial charge in [-0.25, -0.2) is 4.39 Å². The molecule has 2 nitrogen and oxygen atoms in total. The highest BCUT2D eigenvalue weighted by atomic mass is 79.9. The van der Waals surface area contributed by atoms with Crippen LogP contribution in [0.1, 0.15) is 49.4 Å². The predicted octanol–water partition coefficient (Wildman–Crippen LogP) is 4.04. The van der Waals surface area contributed by atoms with Crippen molar-refractivity contribution in [3.63, 3.8) is 0 Å². The number of carbonyl (C=O) groups excluding carboxylic acids is 1. The fourth-order valence-electron chi connectivity index (χ4n) is 2.47. The molecular weight excluding hydrogens is 297 g/mol. The zero-order chi connectivity index (χ0) is 13.2. The van der Waals surface area contributed by atoms with Gasteiger partial charge in [0.15, 0.2) is 0 Å². The van der Waals surface area contributed by atoms with Crippen LogP contribution >= 0.6 is 15.9 Å². The first-order chi connectivity index (χ1) is 8.50. The molecule has 0 heterocycles. The Balaban J connectivity index is 2.11. The molecule has 0 bridgehead atoms. The van der Waals surface area contributed by atoms with Gasteiger partial charge >= 0.3 is 0 Å². The van der Waals surface area contributed by atoms with Gasteiger partial charge in [-0.05, 0) is 53.9 Å². The fraction of sp³-hybridized carbons (Fsp3) is 0.500. The van der Waals surface area contributed by atoms with E-state index < -0.39 is 0 Å². The van der Waals surface area contributed by atoms with E-state index in [1.807, 2.05) is 0 Å². The summed E-state index contributed by atoms with van der Waals surface area (Å²) in [6.45, 7) is 2.08. The second-order valence-corrected chi connectivity index (χ2v) is 6.05. The number of hydrogen-bond donors (Lipinski definition) is 1. The van der Waals surface area contributed by atoms with Gasteiger partial charge in [0.05, 0.1) is 5.56 Å². The standard InChI is InChI=1S/C14H17BrFNO/c1-14(7-3-2-4-8-14)17-13(18)11-6-5-10(16)9-12(11)15/h5-6,9H,2-4,7-8H2,1H3,(H,17,18). The molecule has 0 atom stereocenters. The molecule has 1 aromatic rings. The number of halogens is 2. The molecule has 0 spiro atoms. The maximum absolute atomic E-state index is 13.0. The molecule has 1 fully saturated rings. The van der Waals surface area contributed by atoms with Crippen LogP contribution in [0.5, 0.6) is 0 Å². The van der Waals surface area contributed by atoms with Gasteiger partial charge in [-0.3, -0.25) is 4.79 Å². The SMILES string of the molecule is CC1(NC(=O)c2ccc(F)cc2Br)CCCCC1. The van der Waals surface area contributed by atoms with Crippen LogP contribution in [0.2, 0.25) is 0 Å². The minimum absolute atomic E-state index is 0.122. The number of amides is 1. The summed E-state index contributed by atoms with van der Waals surface area (Å²) in [6.07, 6.45) is 5.57. The Bertz CT molecular complexity index is 455. The van der Waals surface area contributed by atoms with E-state index in [0.29, 0.717) is 10.0 Å². The van der Waals surface area contributed by atoms with E-state index in [-0.39, 0.29) is 17.3 Å². The van der Waals surface area contributed by atoms with Crippen LogP contribution < -0.4 is 5.32 Å². The lowest BCUT2D eigenvalue weighted by Gasteiger charge is -2.34. The van der Waals surface area contributed by atoms with Gasteiger partial charge in [-0.2, -0.15) is 0 Å². The first-order valence-corrected chi connectivity index (χ1v) is 7.07. The lowest BCUT2D eigenvalue weighted by atomic mass is 9.83. The van der Waals surface area contributed by atoms with Gasteiger partial charge in [0.25, 0.3) is 5.91 Å². The molecule has 1 aliphatic rings. The van der Waals surface area contributed by atoms with Crippen molar-refractivity contribution in [3.8, 4) is 0 Å². The summed E-state index contributed by atoms with van der Waals surface area (Å²) in [7, 11) is 0. The van der Waals surface area contributed by atoms with E-state index >= 15 is 0 Å². The molecule has 2 rings (SSSR count). The van der Waals surface area contributed by atoms with Crippen molar-refractivity contribution in [1.29, 1.82) is 0 Å². The van der Waals surface area contributed by atoms with Crippen molar-refractivity contribution in [3.05, 3.63) is 34.1 Å². The summed E-state index contributed by atoms with van der Waals surface area (Å²) in [5.74, 6) is -0.478. The van der Waals surface area contributed by atoms with Gasteiger partial charge in [0, 0.05) is 10.0 Å². The van der Waals surface area contributed by atoms with Crippen LogP contribution in [0.3, 0.4) is 0 Å². The van der Waals surface area contributed by atoms with Crippen LogP contribution in [0.15, 0.2) is 22.7 Å². The average molecular weight is 314 g/mol. The summed E-state index contributed by atoms with van der Waals surface area (Å²) in [6, 6.07) is 4.14. The van der Waals surface area contributed by atoms with E-state index in [0.717, 1.165) is 25.7 Å². The average Bonchev–Trinajstić information content (AvgIpc) is 2.28. The number of hydrogen-bond acceptors (Lipinski definition) is 1. The summed E-state index contributed by atoms with van der Waals surface area (Å²) < 4.78 is 13.5. The van der Waals surface area contributed by atoms with Gasteiger partial charge in [-0.1, -0.05) is 19.3 Å². The Morgan fingerprint density at radius 3 is 2.61 bits per heavy atom. The van der Waals surface area contributed by atoms with Crippen LogP contribution in [-0.4, -0.2) is 11.4 Å². The van der Waals surface area contributed by atoms with Crippen molar-refractivity contribution in [1.82, 2.24) is 5.32 Å². The van der Waals surface area contributed by atoms with Crippen LogP contribution in [0.25, 0.3) is 0 Å². The molecule has 0 aromatic heterocycles. The Morgan fingerprint density at radius 1 is 1.33 bits per heavy atom. The third-order valence-electron chi connectivity index (χ3n) is 3.55. The second kappa shape index (κ2) is 5.39.